The maximum atomic E-state index is 13.4. The number of benzene rings is 1. The summed E-state index contributed by atoms with van der Waals surface area (Å²) < 4.78 is 13.4. The van der Waals surface area contributed by atoms with Crippen LogP contribution >= 0.6 is 11.8 Å². The zero-order valence-corrected chi connectivity index (χ0v) is 11.3. The molecule has 1 aliphatic rings. The molecule has 102 valence electrons. The Balaban J connectivity index is 2.03. The second-order valence-electron chi connectivity index (χ2n) is 4.40. The van der Waals surface area contributed by atoms with E-state index in [2.05, 4.69) is 10.6 Å². The van der Waals surface area contributed by atoms with E-state index < -0.39 is 6.04 Å². The number of halogens is 1. The van der Waals surface area contributed by atoms with Gasteiger partial charge in [0.05, 0.1) is 0 Å². The number of hydrogen-bond donors (Lipinski definition) is 2. The molecule has 1 aromatic carbocycles. The first-order valence-corrected chi connectivity index (χ1v) is 7.16. The lowest BCUT2D eigenvalue weighted by atomic mass is 10.2. The molecule has 0 radical (unpaired) electrons. The standard InChI is InChI=1S/C13H15FN2O2S/c1-8-2-3-9(6-10(8)14)15-13(18)11-7-19-5-4-12(17)16-11/h2-3,6,11H,4-5,7H2,1H3,(H,15,18)(H,16,17). The minimum absolute atomic E-state index is 0.125. The average molecular weight is 282 g/mol. The van der Waals surface area contributed by atoms with E-state index in [1.165, 1.54) is 6.07 Å². The van der Waals surface area contributed by atoms with E-state index >= 15 is 0 Å². The van der Waals surface area contributed by atoms with Crippen molar-refractivity contribution < 1.29 is 14.0 Å². The third-order valence-electron chi connectivity index (χ3n) is 2.85. The molecule has 19 heavy (non-hydrogen) atoms. The van der Waals surface area contributed by atoms with E-state index in [0.717, 1.165) is 5.75 Å². The molecule has 0 saturated carbocycles. The van der Waals surface area contributed by atoms with Crippen molar-refractivity contribution in [2.75, 3.05) is 16.8 Å². The third-order valence-corrected chi connectivity index (χ3v) is 3.91. The van der Waals surface area contributed by atoms with Crippen LogP contribution in [0, 0.1) is 12.7 Å². The molecule has 0 spiro atoms. The van der Waals surface area contributed by atoms with E-state index in [0.29, 0.717) is 23.4 Å². The van der Waals surface area contributed by atoms with Crippen molar-refractivity contribution in [3.8, 4) is 0 Å². The topological polar surface area (TPSA) is 58.2 Å². The van der Waals surface area contributed by atoms with E-state index in [-0.39, 0.29) is 17.6 Å². The highest BCUT2D eigenvalue weighted by Gasteiger charge is 2.23. The summed E-state index contributed by atoms with van der Waals surface area (Å²) >= 11 is 1.55. The maximum absolute atomic E-state index is 13.4. The number of aryl methyl sites for hydroxylation is 1. The van der Waals surface area contributed by atoms with Crippen molar-refractivity contribution in [2.45, 2.75) is 19.4 Å². The lowest BCUT2D eigenvalue weighted by molar-refractivity contribution is -0.125. The molecule has 1 unspecified atom stereocenters. The summed E-state index contributed by atoms with van der Waals surface area (Å²) in [5, 5.41) is 5.28. The van der Waals surface area contributed by atoms with Gasteiger partial charge in [0.2, 0.25) is 11.8 Å². The Bertz CT molecular complexity index is 507. The first-order valence-electron chi connectivity index (χ1n) is 6.00. The summed E-state index contributed by atoms with van der Waals surface area (Å²) in [6, 6.07) is 3.95. The smallest absolute Gasteiger partial charge is 0.247 e. The predicted molar refractivity (Wildman–Crippen MR) is 73.6 cm³/mol. The molecule has 2 rings (SSSR count). The Morgan fingerprint density at radius 2 is 2.32 bits per heavy atom. The Kier molecular flexibility index (Phi) is 4.42. The van der Waals surface area contributed by atoms with Gasteiger partial charge in [-0.15, -0.1) is 0 Å². The van der Waals surface area contributed by atoms with Gasteiger partial charge in [0.25, 0.3) is 0 Å². The van der Waals surface area contributed by atoms with Crippen molar-refractivity contribution in [2.24, 2.45) is 0 Å². The van der Waals surface area contributed by atoms with E-state index in [1.54, 1.807) is 30.8 Å². The summed E-state index contributed by atoms with van der Waals surface area (Å²) in [5.74, 6) is 0.448. The molecular formula is C13H15FN2O2S. The quantitative estimate of drug-likeness (QED) is 0.868. The number of carbonyl (C=O) groups excluding carboxylic acids is 2. The fourth-order valence-electron chi connectivity index (χ4n) is 1.72. The summed E-state index contributed by atoms with van der Waals surface area (Å²) in [4.78, 5) is 23.4. The van der Waals surface area contributed by atoms with E-state index in [4.69, 9.17) is 0 Å². The third kappa shape index (κ3) is 3.70. The van der Waals surface area contributed by atoms with Gasteiger partial charge >= 0.3 is 0 Å². The molecule has 1 aliphatic heterocycles. The van der Waals surface area contributed by atoms with Crippen molar-refractivity contribution in [3.05, 3.63) is 29.6 Å². The van der Waals surface area contributed by atoms with Crippen LogP contribution in [0.4, 0.5) is 10.1 Å². The Morgan fingerprint density at radius 1 is 1.53 bits per heavy atom. The highest BCUT2D eigenvalue weighted by atomic mass is 32.2. The van der Waals surface area contributed by atoms with E-state index in [1.807, 2.05) is 0 Å². The number of rotatable bonds is 2. The zero-order valence-electron chi connectivity index (χ0n) is 10.5. The summed E-state index contributed by atoms with van der Waals surface area (Å²) in [7, 11) is 0. The molecule has 1 heterocycles. The largest absolute Gasteiger partial charge is 0.343 e. The molecule has 4 nitrogen and oxygen atoms in total. The minimum atomic E-state index is -0.565. The van der Waals surface area contributed by atoms with Gasteiger partial charge in [0, 0.05) is 23.6 Å². The second kappa shape index (κ2) is 6.06. The van der Waals surface area contributed by atoms with Crippen molar-refractivity contribution in [1.29, 1.82) is 0 Å². The summed E-state index contributed by atoms with van der Waals surface area (Å²) in [6.07, 6.45) is 0.424. The maximum Gasteiger partial charge on any atom is 0.247 e. The molecular weight excluding hydrogens is 267 g/mol. The van der Waals surface area contributed by atoms with Crippen LogP contribution in [-0.4, -0.2) is 29.4 Å². The Morgan fingerprint density at radius 3 is 3.05 bits per heavy atom. The number of thioether (sulfide) groups is 1. The van der Waals surface area contributed by atoms with Crippen LogP contribution in [0.1, 0.15) is 12.0 Å². The first-order chi connectivity index (χ1) is 9.06. The summed E-state index contributed by atoms with van der Waals surface area (Å²) in [6.45, 7) is 1.66. The molecule has 1 atom stereocenters. The fraction of sp³-hybridized carbons (Fsp3) is 0.385. The van der Waals surface area contributed by atoms with Crippen LogP contribution in [0.2, 0.25) is 0 Å². The second-order valence-corrected chi connectivity index (χ2v) is 5.55. The Labute approximate surface area is 115 Å². The lowest BCUT2D eigenvalue weighted by Crippen LogP contribution is -2.44. The monoisotopic (exact) mass is 282 g/mol. The van der Waals surface area contributed by atoms with Crippen molar-refractivity contribution in [1.82, 2.24) is 5.32 Å². The minimum Gasteiger partial charge on any atom is -0.343 e. The average Bonchev–Trinajstić information content (AvgIpc) is 2.58. The van der Waals surface area contributed by atoms with Gasteiger partial charge in [-0.1, -0.05) is 6.07 Å². The molecule has 0 aromatic heterocycles. The fourth-order valence-corrected chi connectivity index (χ4v) is 2.68. The molecule has 6 heteroatoms. The molecule has 2 amide bonds. The van der Waals surface area contributed by atoms with Crippen LogP contribution < -0.4 is 10.6 Å². The highest BCUT2D eigenvalue weighted by molar-refractivity contribution is 7.99. The van der Waals surface area contributed by atoms with Gasteiger partial charge in [-0.3, -0.25) is 9.59 Å². The SMILES string of the molecule is Cc1ccc(NC(=O)C2CSCCC(=O)N2)cc1F. The number of nitrogens with one attached hydrogen (secondary N) is 2. The van der Waals surface area contributed by atoms with Gasteiger partial charge in [-0.05, 0) is 24.6 Å². The lowest BCUT2D eigenvalue weighted by Gasteiger charge is -2.15. The van der Waals surface area contributed by atoms with Crippen molar-refractivity contribution in [3.63, 3.8) is 0 Å². The van der Waals surface area contributed by atoms with Crippen LogP contribution in [0.15, 0.2) is 18.2 Å². The normalized spacial score (nSPS) is 19.5. The molecule has 2 N–H and O–H groups in total. The molecule has 0 aliphatic carbocycles. The van der Waals surface area contributed by atoms with Gasteiger partial charge < -0.3 is 10.6 Å². The number of hydrogen-bond acceptors (Lipinski definition) is 3. The van der Waals surface area contributed by atoms with Gasteiger partial charge in [-0.2, -0.15) is 11.8 Å². The molecule has 1 saturated heterocycles. The van der Waals surface area contributed by atoms with Crippen LogP contribution in [0.5, 0.6) is 0 Å². The summed E-state index contributed by atoms with van der Waals surface area (Å²) in [5.41, 5.74) is 0.924. The first kappa shape index (κ1) is 13.9. The van der Waals surface area contributed by atoms with Crippen LogP contribution in [0.25, 0.3) is 0 Å². The van der Waals surface area contributed by atoms with Gasteiger partial charge in [0.15, 0.2) is 0 Å². The molecule has 1 aromatic rings. The van der Waals surface area contributed by atoms with Crippen molar-refractivity contribution >= 4 is 29.3 Å². The molecule has 0 bridgehead atoms. The zero-order chi connectivity index (χ0) is 13.8. The Hall–Kier alpha value is -1.56. The molecule has 1 fully saturated rings. The van der Waals surface area contributed by atoms with Crippen LogP contribution in [0.3, 0.4) is 0 Å². The predicted octanol–water partition coefficient (Wildman–Crippen LogP) is 1.69. The van der Waals surface area contributed by atoms with Gasteiger partial charge in [0.1, 0.15) is 11.9 Å². The van der Waals surface area contributed by atoms with Gasteiger partial charge in [-0.25, -0.2) is 4.39 Å². The number of amides is 2. The number of carbonyl (C=O) groups is 2. The number of anilines is 1. The van der Waals surface area contributed by atoms with Crippen LogP contribution in [-0.2, 0) is 9.59 Å². The highest BCUT2D eigenvalue weighted by Crippen LogP contribution is 2.15. The van der Waals surface area contributed by atoms with E-state index in [9.17, 15) is 14.0 Å².